The van der Waals surface area contributed by atoms with Crippen LogP contribution in [0.5, 0.6) is 0 Å². The summed E-state index contributed by atoms with van der Waals surface area (Å²) < 4.78 is 40.8. The molecule has 1 fully saturated rings. The van der Waals surface area contributed by atoms with Crippen molar-refractivity contribution in [3.63, 3.8) is 0 Å². The summed E-state index contributed by atoms with van der Waals surface area (Å²) in [5.74, 6) is 0.301. The first kappa shape index (κ1) is 20.1. The Labute approximate surface area is 174 Å². The number of aromatic nitrogens is 2. The van der Waals surface area contributed by atoms with Gasteiger partial charge in [0.25, 0.3) is 0 Å². The monoisotopic (exact) mass is 433 g/mol. The van der Waals surface area contributed by atoms with E-state index in [-0.39, 0.29) is 11.6 Å². The summed E-state index contributed by atoms with van der Waals surface area (Å²) in [6.45, 7) is 2.17. The molecule has 0 spiro atoms. The van der Waals surface area contributed by atoms with Gasteiger partial charge in [0.05, 0.1) is 10.6 Å². The van der Waals surface area contributed by atoms with Crippen molar-refractivity contribution in [2.24, 2.45) is 0 Å². The summed E-state index contributed by atoms with van der Waals surface area (Å²) in [5.41, 5.74) is 1.05. The molecule has 156 valence electrons. The van der Waals surface area contributed by atoms with E-state index < -0.39 is 11.1 Å². The molecule has 0 atom stereocenters. The fourth-order valence-corrected chi connectivity index (χ4v) is 4.19. The molecule has 6 nitrogen and oxygen atoms in total. The van der Waals surface area contributed by atoms with Gasteiger partial charge < -0.3 is 15.5 Å². The molecule has 2 amide bonds. The second-order valence-corrected chi connectivity index (χ2v) is 7.68. The van der Waals surface area contributed by atoms with Crippen LogP contribution in [0, 0.1) is 0 Å². The number of carbonyl (C=O) groups is 1. The van der Waals surface area contributed by atoms with Crippen molar-refractivity contribution in [3.8, 4) is 21.7 Å². The summed E-state index contributed by atoms with van der Waals surface area (Å²) in [5, 5.41) is 5.74. The van der Waals surface area contributed by atoms with Gasteiger partial charge in [0.1, 0.15) is 4.88 Å². The Morgan fingerprint density at radius 2 is 2.00 bits per heavy atom. The molecule has 4 rings (SSSR count). The van der Waals surface area contributed by atoms with Gasteiger partial charge in [0, 0.05) is 37.9 Å². The molecule has 3 heterocycles. The Bertz CT molecular complexity index is 1040. The zero-order chi connectivity index (χ0) is 21.1. The standard InChI is InChI=1S/C20H18F3N5OS/c21-20(22,23)17-14(13-4-2-1-3-5-13)12-16(30-17)15-6-7-24-18(27-15)25-8-10-28-11-9-26-19(28)29/h1-7,12H,8-11H2,(H,26,29)(H,24,25,27). The zero-order valence-electron chi connectivity index (χ0n) is 15.7. The third-order valence-electron chi connectivity index (χ3n) is 4.59. The van der Waals surface area contributed by atoms with Crippen molar-refractivity contribution >= 4 is 23.3 Å². The quantitative estimate of drug-likeness (QED) is 0.607. The SMILES string of the molecule is O=C1NCCN1CCNc1nccc(-c2cc(-c3ccccc3)c(C(F)(F)F)s2)n1. The van der Waals surface area contributed by atoms with Crippen LogP contribution in [0.2, 0.25) is 0 Å². The second-order valence-electron chi connectivity index (χ2n) is 6.63. The first-order chi connectivity index (χ1) is 14.4. The van der Waals surface area contributed by atoms with Crippen LogP contribution in [-0.4, -0.2) is 47.1 Å². The van der Waals surface area contributed by atoms with Crippen LogP contribution in [-0.2, 0) is 6.18 Å². The van der Waals surface area contributed by atoms with Gasteiger partial charge in [-0.2, -0.15) is 13.2 Å². The summed E-state index contributed by atoms with van der Waals surface area (Å²) in [6.07, 6.45) is -2.96. The van der Waals surface area contributed by atoms with Gasteiger partial charge in [0.15, 0.2) is 0 Å². The van der Waals surface area contributed by atoms with Gasteiger partial charge in [-0.05, 0) is 17.7 Å². The second kappa shape index (κ2) is 8.31. The fraction of sp³-hybridized carbons (Fsp3) is 0.250. The highest BCUT2D eigenvalue weighted by atomic mass is 32.1. The molecule has 2 aromatic heterocycles. The number of thiophene rings is 1. The van der Waals surface area contributed by atoms with Crippen molar-refractivity contribution in [3.05, 3.63) is 53.5 Å². The maximum Gasteiger partial charge on any atom is 0.426 e. The highest BCUT2D eigenvalue weighted by Crippen LogP contribution is 2.45. The fourth-order valence-electron chi connectivity index (χ4n) is 3.17. The highest BCUT2D eigenvalue weighted by molar-refractivity contribution is 7.16. The number of amides is 2. The Kier molecular flexibility index (Phi) is 5.58. The lowest BCUT2D eigenvalue weighted by molar-refractivity contribution is -0.133. The van der Waals surface area contributed by atoms with Crippen molar-refractivity contribution < 1.29 is 18.0 Å². The normalized spacial score (nSPS) is 14.1. The van der Waals surface area contributed by atoms with E-state index in [0.29, 0.717) is 59.6 Å². The number of hydrogen-bond donors (Lipinski definition) is 2. The molecule has 2 N–H and O–H groups in total. The summed E-state index contributed by atoms with van der Waals surface area (Å²) in [4.78, 5) is 21.5. The minimum atomic E-state index is -4.46. The number of hydrogen-bond acceptors (Lipinski definition) is 5. The Hall–Kier alpha value is -3.14. The van der Waals surface area contributed by atoms with Crippen molar-refractivity contribution in [1.82, 2.24) is 20.2 Å². The van der Waals surface area contributed by atoms with Gasteiger partial charge in [-0.3, -0.25) is 0 Å². The Morgan fingerprint density at radius 1 is 1.20 bits per heavy atom. The third kappa shape index (κ3) is 4.38. The van der Waals surface area contributed by atoms with Crippen LogP contribution in [0.25, 0.3) is 21.7 Å². The van der Waals surface area contributed by atoms with E-state index in [0.717, 1.165) is 0 Å². The predicted molar refractivity (Wildman–Crippen MR) is 109 cm³/mol. The lowest BCUT2D eigenvalue weighted by Crippen LogP contribution is -2.32. The first-order valence-electron chi connectivity index (χ1n) is 9.28. The topological polar surface area (TPSA) is 70.2 Å². The number of benzene rings is 1. The first-order valence-corrected chi connectivity index (χ1v) is 10.1. The lowest BCUT2D eigenvalue weighted by atomic mass is 10.1. The lowest BCUT2D eigenvalue weighted by Gasteiger charge is -2.14. The zero-order valence-corrected chi connectivity index (χ0v) is 16.6. The van der Waals surface area contributed by atoms with E-state index in [9.17, 15) is 18.0 Å². The Morgan fingerprint density at radius 3 is 2.70 bits per heavy atom. The molecule has 0 radical (unpaired) electrons. The van der Waals surface area contributed by atoms with Gasteiger partial charge in [0.2, 0.25) is 5.95 Å². The minimum Gasteiger partial charge on any atom is -0.352 e. The maximum atomic E-state index is 13.6. The van der Waals surface area contributed by atoms with Gasteiger partial charge in [-0.15, -0.1) is 11.3 Å². The molecule has 10 heteroatoms. The number of carbonyl (C=O) groups excluding carboxylic acids is 1. The largest absolute Gasteiger partial charge is 0.426 e. The van der Waals surface area contributed by atoms with E-state index in [1.807, 2.05) is 0 Å². The van der Waals surface area contributed by atoms with E-state index >= 15 is 0 Å². The van der Waals surface area contributed by atoms with Crippen LogP contribution >= 0.6 is 11.3 Å². The summed E-state index contributed by atoms with van der Waals surface area (Å²) in [6, 6.07) is 11.5. The molecule has 1 aliphatic rings. The molecule has 0 aliphatic carbocycles. The van der Waals surface area contributed by atoms with E-state index in [1.165, 1.54) is 12.3 Å². The molecule has 1 saturated heterocycles. The van der Waals surface area contributed by atoms with Gasteiger partial charge in [-0.25, -0.2) is 14.8 Å². The van der Waals surface area contributed by atoms with Crippen LogP contribution in [0.15, 0.2) is 48.7 Å². The molecule has 1 aromatic carbocycles. The number of halogens is 3. The van der Waals surface area contributed by atoms with Crippen LogP contribution in [0.1, 0.15) is 4.88 Å². The maximum absolute atomic E-state index is 13.6. The minimum absolute atomic E-state index is 0.113. The van der Waals surface area contributed by atoms with E-state index in [1.54, 1.807) is 41.3 Å². The van der Waals surface area contributed by atoms with Crippen LogP contribution in [0.4, 0.5) is 23.9 Å². The van der Waals surface area contributed by atoms with Crippen molar-refractivity contribution in [2.75, 3.05) is 31.5 Å². The van der Waals surface area contributed by atoms with Gasteiger partial charge >= 0.3 is 12.2 Å². The molecular formula is C20H18F3N5OS. The molecule has 1 aliphatic heterocycles. The molecule has 0 unspecified atom stereocenters. The summed E-state index contributed by atoms with van der Waals surface area (Å²) >= 11 is 0.663. The highest BCUT2D eigenvalue weighted by Gasteiger charge is 2.36. The van der Waals surface area contributed by atoms with Crippen LogP contribution in [0.3, 0.4) is 0 Å². The number of nitrogens with one attached hydrogen (secondary N) is 2. The molecule has 0 saturated carbocycles. The van der Waals surface area contributed by atoms with Gasteiger partial charge in [-0.1, -0.05) is 30.3 Å². The Balaban J connectivity index is 1.56. The van der Waals surface area contributed by atoms with E-state index in [2.05, 4.69) is 20.6 Å². The number of anilines is 1. The third-order valence-corrected chi connectivity index (χ3v) is 5.79. The average Bonchev–Trinajstić information content (AvgIpc) is 3.36. The van der Waals surface area contributed by atoms with Crippen molar-refractivity contribution in [2.45, 2.75) is 6.18 Å². The number of rotatable bonds is 6. The van der Waals surface area contributed by atoms with E-state index in [4.69, 9.17) is 0 Å². The number of urea groups is 1. The van der Waals surface area contributed by atoms with Crippen LogP contribution < -0.4 is 10.6 Å². The molecule has 0 bridgehead atoms. The van der Waals surface area contributed by atoms with Crippen molar-refractivity contribution in [1.29, 1.82) is 0 Å². The molecular weight excluding hydrogens is 415 g/mol. The predicted octanol–water partition coefficient (Wildman–Crippen LogP) is 4.33. The summed E-state index contributed by atoms with van der Waals surface area (Å²) in [7, 11) is 0. The number of nitrogens with zero attached hydrogens (tertiary/aromatic N) is 3. The number of alkyl halides is 3. The average molecular weight is 433 g/mol. The molecule has 3 aromatic rings. The molecule has 30 heavy (non-hydrogen) atoms. The smallest absolute Gasteiger partial charge is 0.352 e.